The lowest BCUT2D eigenvalue weighted by Gasteiger charge is -2.29. The molecule has 136 valence electrons. The first-order valence-corrected chi connectivity index (χ1v) is 8.86. The van der Waals surface area contributed by atoms with Crippen molar-refractivity contribution in [2.75, 3.05) is 0 Å². The molecule has 0 N–H and O–H groups in total. The maximum absolute atomic E-state index is 11.7. The van der Waals surface area contributed by atoms with Gasteiger partial charge in [0.25, 0.3) is 0 Å². The van der Waals surface area contributed by atoms with Crippen LogP contribution in [0.15, 0.2) is 36.4 Å². The number of rotatable bonds is 2. The van der Waals surface area contributed by atoms with E-state index in [0.717, 1.165) is 33.4 Å². The van der Waals surface area contributed by atoms with Gasteiger partial charge in [0.15, 0.2) is 0 Å². The Labute approximate surface area is 154 Å². The fraction of sp³-hybridized carbons (Fsp3) is 0.364. The van der Waals surface area contributed by atoms with Gasteiger partial charge in [0, 0.05) is 26.7 Å². The molecule has 0 heterocycles. The first kappa shape index (κ1) is 18.2. The second-order valence-electron chi connectivity index (χ2n) is 7.01. The Morgan fingerprint density at radius 1 is 0.769 bits per heavy atom. The van der Waals surface area contributed by atoms with Crippen LogP contribution < -0.4 is 0 Å². The minimum atomic E-state index is -0.345. The van der Waals surface area contributed by atoms with E-state index in [0.29, 0.717) is 12.8 Å². The number of esters is 2. The van der Waals surface area contributed by atoms with Crippen LogP contribution in [0.1, 0.15) is 59.4 Å². The highest BCUT2D eigenvalue weighted by Crippen LogP contribution is 2.37. The van der Waals surface area contributed by atoms with E-state index < -0.39 is 0 Å². The molecule has 0 saturated carbocycles. The van der Waals surface area contributed by atoms with Gasteiger partial charge in [-0.15, -0.1) is 0 Å². The van der Waals surface area contributed by atoms with E-state index in [2.05, 4.69) is 12.1 Å². The second-order valence-corrected chi connectivity index (χ2v) is 7.01. The van der Waals surface area contributed by atoms with E-state index >= 15 is 0 Å². The highest BCUT2D eigenvalue weighted by atomic mass is 16.5. The number of hydrogen-bond donors (Lipinski definition) is 0. The molecule has 3 rings (SSSR count). The number of fused-ring (bicyclic) bond motifs is 2. The number of hydrogen-bond acceptors (Lipinski definition) is 4. The van der Waals surface area contributed by atoms with Crippen molar-refractivity contribution >= 4 is 11.9 Å². The van der Waals surface area contributed by atoms with E-state index in [1.54, 1.807) is 0 Å². The zero-order chi connectivity index (χ0) is 18.8. The van der Waals surface area contributed by atoms with E-state index in [4.69, 9.17) is 9.47 Å². The number of ether oxygens (including phenoxy) is 2. The summed E-state index contributed by atoms with van der Waals surface area (Å²) in [6, 6.07) is 12.3. The molecule has 2 aromatic rings. The van der Waals surface area contributed by atoms with Crippen LogP contribution in [0, 0.1) is 13.8 Å². The minimum Gasteiger partial charge on any atom is -0.457 e. The van der Waals surface area contributed by atoms with Crippen LogP contribution in [0.4, 0.5) is 0 Å². The predicted molar refractivity (Wildman–Crippen MR) is 98.8 cm³/mol. The van der Waals surface area contributed by atoms with E-state index in [-0.39, 0.29) is 24.1 Å². The zero-order valence-electron chi connectivity index (χ0n) is 15.7. The average molecular weight is 352 g/mol. The van der Waals surface area contributed by atoms with E-state index in [9.17, 15) is 9.59 Å². The lowest BCUT2D eigenvalue weighted by molar-refractivity contribution is -0.146. The smallest absolute Gasteiger partial charge is 0.303 e. The maximum atomic E-state index is 11.7. The third-order valence-corrected chi connectivity index (χ3v) is 4.72. The van der Waals surface area contributed by atoms with E-state index in [1.807, 2.05) is 38.1 Å². The summed E-state index contributed by atoms with van der Waals surface area (Å²) in [6.45, 7) is 6.92. The molecule has 1 aliphatic rings. The minimum absolute atomic E-state index is 0.298. The summed E-state index contributed by atoms with van der Waals surface area (Å²) >= 11 is 0. The van der Waals surface area contributed by atoms with Gasteiger partial charge in [-0.05, 0) is 36.1 Å². The van der Waals surface area contributed by atoms with Crippen LogP contribution in [0.25, 0.3) is 0 Å². The molecule has 0 spiro atoms. The molecule has 0 aromatic heterocycles. The fourth-order valence-corrected chi connectivity index (χ4v) is 3.68. The Balaban J connectivity index is 2.14. The van der Waals surface area contributed by atoms with Gasteiger partial charge in [0.05, 0.1) is 0 Å². The summed E-state index contributed by atoms with van der Waals surface area (Å²) in [7, 11) is 0. The topological polar surface area (TPSA) is 52.6 Å². The second kappa shape index (κ2) is 7.32. The predicted octanol–water partition coefficient (Wildman–Crippen LogP) is 4.31. The van der Waals surface area contributed by atoms with Crippen LogP contribution in [0.5, 0.6) is 0 Å². The summed E-state index contributed by atoms with van der Waals surface area (Å²) in [5.41, 5.74) is 6.31. The van der Waals surface area contributed by atoms with Crippen molar-refractivity contribution in [2.24, 2.45) is 0 Å². The molecule has 26 heavy (non-hydrogen) atoms. The van der Waals surface area contributed by atoms with E-state index in [1.165, 1.54) is 13.8 Å². The van der Waals surface area contributed by atoms with Crippen molar-refractivity contribution in [3.05, 3.63) is 69.8 Å². The molecule has 2 aromatic carbocycles. The third kappa shape index (κ3) is 3.96. The number of benzene rings is 2. The summed E-state index contributed by atoms with van der Waals surface area (Å²) in [4.78, 5) is 23.4. The highest BCUT2D eigenvalue weighted by molar-refractivity contribution is 5.67. The molecular formula is C22H24O4. The van der Waals surface area contributed by atoms with Crippen molar-refractivity contribution in [2.45, 2.75) is 52.7 Å². The Morgan fingerprint density at radius 3 is 1.50 bits per heavy atom. The Bertz CT molecular complexity index is 782. The lowest BCUT2D eigenvalue weighted by atomic mass is 9.84. The molecular weight excluding hydrogens is 328 g/mol. The molecule has 0 fully saturated rings. The Hall–Kier alpha value is -2.62. The average Bonchev–Trinajstić information content (AvgIpc) is 2.52. The van der Waals surface area contributed by atoms with Crippen LogP contribution in [0.2, 0.25) is 0 Å². The van der Waals surface area contributed by atoms with Crippen molar-refractivity contribution in [1.82, 2.24) is 0 Å². The van der Waals surface area contributed by atoms with Crippen molar-refractivity contribution in [3.63, 3.8) is 0 Å². The standard InChI is InChI=1S/C22H24O4/c1-13-5-7-19-17(9-13)11-21(25-15(3)23)20-8-6-14(2)10-18(20)12-22(19)26-16(4)24/h5-10,21-22H,11-12H2,1-4H3. The van der Waals surface area contributed by atoms with Gasteiger partial charge in [-0.2, -0.15) is 0 Å². The quantitative estimate of drug-likeness (QED) is 0.756. The van der Waals surface area contributed by atoms with Gasteiger partial charge >= 0.3 is 11.9 Å². The third-order valence-electron chi connectivity index (χ3n) is 4.72. The van der Waals surface area contributed by atoms with Gasteiger partial charge < -0.3 is 9.47 Å². The molecule has 0 radical (unpaired) electrons. The van der Waals surface area contributed by atoms with Gasteiger partial charge in [0.1, 0.15) is 12.2 Å². The number of aryl methyl sites for hydroxylation is 2. The summed E-state index contributed by atoms with van der Waals surface area (Å²) < 4.78 is 11.3. The lowest BCUT2D eigenvalue weighted by Crippen LogP contribution is -2.21. The largest absolute Gasteiger partial charge is 0.457 e. The Kier molecular flexibility index (Phi) is 5.12. The zero-order valence-corrected chi connectivity index (χ0v) is 15.7. The van der Waals surface area contributed by atoms with Crippen LogP contribution >= 0.6 is 0 Å². The first-order chi connectivity index (χ1) is 12.3. The molecule has 0 bridgehead atoms. The maximum Gasteiger partial charge on any atom is 0.303 e. The normalized spacial score (nSPS) is 18.8. The van der Waals surface area contributed by atoms with Gasteiger partial charge in [-0.1, -0.05) is 47.5 Å². The molecule has 4 heteroatoms. The number of carbonyl (C=O) groups is 2. The SMILES string of the molecule is CC(=O)OC1Cc2cc(C)ccc2C(OC(C)=O)Cc2cc(C)ccc21. The molecule has 2 atom stereocenters. The molecule has 0 amide bonds. The summed E-state index contributed by atoms with van der Waals surface area (Å²) in [5.74, 6) is -0.597. The summed E-state index contributed by atoms with van der Waals surface area (Å²) in [5, 5.41) is 0. The monoisotopic (exact) mass is 352 g/mol. The first-order valence-electron chi connectivity index (χ1n) is 8.86. The van der Waals surface area contributed by atoms with Crippen molar-refractivity contribution < 1.29 is 19.1 Å². The van der Waals surface area contributed by atoms with Gasteiger partial charge in [0.2, 0.25) is 0 Å². The molecule has 1 aliphatic carbocycles. The van der Waals surface area contributed by atoms with Crippen molar-refractivity contribution in [3.8, 4) is 0 Å². The van der Waals surface area contributed by atoms with Crippen molar-refractivity contribution in [1.29, 1.82) is 0 Å². The van der Waals surface area contributed by atoms with Gasteiger partial charge in [-0.25, -0.2) is 0 Å². The van der Waals surface area contributed by atoms with Gasteiger partial charge in [-0.3, -0.25) is 9.59 Å². The van der Waals surface area contributed by atoms with Crippen LogP contribution in [-0.2, 0) is 31.9 Å². The molecule has 2 unspecified atom stereocenters. The molecule has 0 saturated heterocycles. The molecule has 4 nitrogen and oxygen atoms in total. The fourth-order valence-electron chi connectivity index (χ4n) is 3.68. The Morgan fingerprint density at radius 2 is 1.15 bits per heavy atom. The summed E-state index contributed by atoms with van der Waals surface area (Å²) in [6.07, 6.45) is 0.429. The van der Waals surface area contributed by atoms with Crippen LogP contribution in [0.3, 0.4) is 0 Å². The number of carbonyl (C=O) groups excluding carboxylic acids is 2. The molecule has 0 aliphatic heterocycles. The highest BCUT2D eigenvalue weighted by Gasteiger charge is 2.29. The van der Waals surface area contributed by atoms with Crippen LogP contribution in [-0.4, -0.2) is 11.9 Å².